The molecule has 2 heterocycles. The Bertz CT molecular complexity index is 2240. The van der Waals surface area contributed by atoms with Gasteiger partial charge in [0.05, 0.1) is 47.5 Å². The Balaban J connectivity index is 1.38. The van der Waals surface area contributed by atoms with Crippen molar-refractivity contribution in [3.63, 3.8) is 0 Å². The molecule has 0 aromatic heterocycles. The molecule has 2 aliphatic rings. The molecule has 12 nitrogen and oxygen atoms in total. The van der Waals surface area contributed by atoms with Gasteiger partial charge in [-0.15, -0.1) is 0 Å². The van der Waals surface area contributed by atoms with Crippen LogP contribution in [0, 0.1) is 6.92 Å². The fourth-order valence-electron chi connectivity index (χ4n) is 5.03. The molecule has 2 N–H and O–H groups in total. The number of carbonyl (C=O) groups excluding carboxylic acids is 4. The molecule has 44 heavy (non-hydrogen) atoms. The number of amides is 4. The third-order valence-corrected chi connectivity index (χ3v) is 11.0. The zero-order valence-electron chi connectivity index (χ0n) is 22.8. The van der Waals surface area contributed by atoms with Gasteiger partial charge in [-0.2, -0.15) is 0 Å². The van der Waals surface area contributed by atoms with Crippen LogP contribution in [0.2, 0.25) is 0 Å². The van der Waals surface area contributed by atoms with Crippen molar-refractivity contribution < 1.29 is 46.2 Å². The molecule has 0 saturated carbocycles. The molecule has 0 atom stereocenters. The molecule has 0 spiro atoms. The number of fused-ring (bicyclic) bond motifs is 2. The molecule has 0 fully saturated rings. The largest absolute Gasteiger partial charge is 0.508 e. The highest BCUT2D eigenvalue weighted by Crippen LogP contribution is 2.38. The SMILES string of the molecule is Cc1cc(S(=O)(=O)c2ccc(O)c(N3C(=O)c4ccc(S(=O)(=O)c5ccc6c(c5)C(=O)N(C)C6=O)cc4C3=O)c2)ccc1O. The summed E-state index contributed by atoms with van der Waals surface area (Å²) in [5.74, 6) is -3.88. The zero-order valence-corrected chi connectivity index (χ0v) is 24.4. The summed E-state index contributed by atoms with van der Waals surface area (Å²) in [7, 11) is -7.30. The van der Waals surface area contributed by atoms with Gasteiger partial charge in [0.2, 0.25) is 19.7 Å². The van der Waals surface area contributed by atoms with E-state index in [4.69, 9.17) is 0 Å². The van der Waals surface area contributed by atoms with E-state index in [0.29, 0.717) is 10.5 Å². The maximum atomic E-state index is 13.5. The average Bonchev–Trinajstić information content (AvgIpc) is 3.37. The van der Waals surface area contributed by atoms with Gasteiger partial charge in [-0.05, 0) is 85.3 Å². The summed E-state index contributed by atoms with van der Waals surface area (Å²) in [6, 6.07) is 13.3. The first-order valence-electron chi connectivity index (χ1n) is 12.8. The highest BCUT2D eigenvalue weighted by molar-refractivity contribution is 7.91. The molecular formula is C30H20N2O10S2. The van der Waals surface area contributed by atoms with E-state index in [2.05, 4.69) is 0 Å². The van der Waals surface area contributed by atoms with Crippen LogP contribution in [-0.2, 0) is 19.7 Å². The molecule has 4 aromatic rings. The molecule has 0 aliphatic carbocycles. The monoisotopic (exact) mass is 632 g/mol. The standard InChI is InChI=1S/C30H20N2O10S2/c1-15-11-16(5-9-25(15)33)43(39,40)19-6-10-26(34)24(14-19)32-29(37)21-8-4-18(13-23(21)30(32)38)44(41,42)17-3-7-20-22(12-17)28(36)31(2)27(20)35/h3-14,33-34H,1-2H3. The average molecular weight is 633 g/mol. The first-order chi connectivity index (χ1) is 20.6. The number of carbonyl (C=O) groups is 4. The lowest BCUT2D eigenvalue weighted by Gasteiger charge is -2.17. The first-order valence-corrected chi connectivity index (χ1v) is 15.7. The molecular weight excluding hydrogens is 612 g/mol. The van der Waals surface area contributed by atoms with Crippen LogP contribution >= 0.6 is 0 Å². The molecule has 6 rings (SSSR count). The van der Waals surface area contributed by atoms with Crippen molar-refractivity contribution in [1.29, 1.82) is 0 Å². The van der Waals surface area contributed by atoms with Gasteiger partial charge in [0, 0.05) is 7.05 Å². The summed E-state index contributed by atoms with van der Waals surface area (Å²) in [5.41, 5.74) is -0.694. The zero-order chi connectivity index (χ0) is 31.9. The molecule has 0 saturated heterocycles. The predicted molar refractivity (Wildman–Crippen MR) is 152 cm³/mol. The van der Waals surface area contributed by atoms with Crippen molar-refractivity contribution in [1.82, 2.24) is 4.90 Å². The fourth-order valence-corrected chi connectivity index (χ4v) is 7.71. The van der Waals surface area contributed by atoms with Crippen molar-refractivity contribution in [2.45, 2.75) is 26.5 Å². The molecule has 2 aliphatic heterocycles. The lowest BCUT2D eigenvalue weighted by molar-refractivity contribution is 0.0692. The number of aromatic hydroxyl groups is 2. The summed E-state index contributed by atoms with van der Waals surface area (Å²) >= 11 is 0. The Morgan fingerprint density at radius 1 is 0.523 bits per heavy atom. The second-order valence-electron chi connectivity index (χ2n) is 10.1. The van der Waals surface area contributed by atoms with Gasteiger partial charge in [0.25, 0.3) is 23.6 Å². The Labute approximate surface area is 250 Å². The van der Waals surface area contributed by atoms with Crippen LogP contribution < -0.4 is 4.90 Å². The van der Waals surface area contributed by atoms with Crippen molar-refractivity contribution in [2.75, 3.05) is 11.9 Å². The number of sulfone groups is 2. The third kappa shape index (κ3) is 4.10. The lowest BCUT2D eigenvalue weighted by Crippen LogP contribution is -2.29. The number of rotatable bonds is 5. The Morgan fingerprint density at radius 2 is 0.932 bits per heavy atom. The van der Waals surface area contributed by atoms with E-state index in [-0.39, 0.29) is 47.6 Å². The molecule has 4 aromatic carbocycles. The minimum Gasteiger partial charge on any atom is -0.508 e. The number of anilines is 1. The number of hydrogen-bond donors (Lipinski definition) is 2. The third-order valence-electron chi connectivity index (χ3n) is 7.52. The predicted octanol–water partition coefficient (Wildman–Crippen LogP) is 3.10. The van der Waals surface area contributed by atoms with Gasteiger partial charge >= 0.3 is 0 Å². The molecule has 4 amide bonds. The topological polar surface area (TPSA) is 183 Å². The number of hydrogen-bond acceptors (Lipinski definition) is 10. The summed E-state index contributed by atoms with van der Waals surface area (Å²) in [6.07, 6.45) is 0. The van der Waals surface area contributed by atoms with Gasteiger partial charge in [-0.3, -0.25) is 24.1 Å². The molecule has 0 unspecified atom stereocenters. The highest BCUT2D eigenvalue weighted by Gasteiger charge is 2.40. The Morgan fingerprint density at radius 3 is 1.50 bits per heavy atom. The highest BCUT2D eigenvalue weighted by atomic mass is 32.2. The summed E-state index contributed by atoms with van der Waals surface area (Å²) in [5, 5.41) is 20.3. The number of phenols is 2. The van der Waals surface area contributed by atoms with E-state index in [1.165, 1.54) is 38.2 Å². The minimum absolute atomic E-state index is 0.0476. The van der Waals surface area contributed by atoms with E-state index >= 15 is 0 Å². The van der Waals surface area contributed by atoms with Crippen molar-refractivity contribution in [3.05, 3.63) is 101 Å². The first kappa shape index (κ1) is 28.8. The molecule has 14 heteroatoms. The van der Waals surface area contributed by atoms with Crippen LogP contribution in [0.3, 0.4) is 0 Å². The van der Waals surface area contributed by atoms with Gasteiger partial charge in [-0.1, -0.05) is 0 Å². The summed E-state index contributed by atoms with van der Waals surface area (Å²) in [6.45, 7) is 1.51. The summed E-state index contributed by atoms with van der Waals surface area (Å²) < 4.78 is 53.6. The second-order valence-corrected chi connectivity index (χ2v) is 14.0. The van der Waals surface area contributed by atoms with Crippen molar-refractivity contribution in [3.8, 4) is 11.5 Å². The van der Waals surface area contributed by atoms with Crippen molar-refractivity contribution >= 4 is 49.0 Å². The van der Waals surface area contributed by atoms with Crippen LogP contribution in [0.4, 0.5) is 5.69 Å². The van der Waals surface area contributed by atoms with Crippen LogP contribution in [0.1, 0.15) is 47.0 Å². The number of imide groups is 2. The number of benzene rings is 4. The van der Waals surface area contributed by atoms with Crippen LogP contribution in [0.25, 0.3) is 0 Å². The van der Waals surface area contributed by atoms with Gasteiger partial charge in [-0.25, -0.2) is 21.7 Å². The van der Waals surface area contributed by atoms with Gasteiger partial charge < -0.3 is 10.2 Å². The molecule has 222 valence electrons. The quantitative estimate of drug-likeness (QED) is 0.310. The minimum atomic E-state index is -4.35. The van der Waals surface area contributed by atoms with Crippen molar-refractivity contribution in [2.24, 2.45) is 0 Å². The van der Waals surface area contributed by atoms with E-state index in [9.17, 15) is 46.2 Å². The summed E-state index contributed by atoms with van der Waals surface area (Å²) in [4.78, 5) is 51.6. The number of nitrogens with zero attached hydrogens (tertiary/aromatic N) is 2. The smallest absolute Gasteiger partial charge is 0.266 e. The lowest BCUT2D eigenvalue weighted by atomic mass is 10.1. The Hall–Kier alpha value is -5.34. The fraction of sp³-hybridized carbons (Fsp3) is 0.0667. The maximum absolute atomic E-state index is 13.5. The second kappa shape index (κ2) is 9.59. The molecule has 0 bridgehead atoms. The number of aryl methyl sites for hydroxylation is 1. The van der Waals surface area contributed by atoms with Gasteiger partial charge in [0.15, 0.2) is 0 Å². The van der Waals surface area contributed by atoms with E-state index in [1.54, 1.807) is 0 Å². The van der Waals surface area contributed by atoms with Gasteiger partial charge in [0.1, 0.15) is 11.5 Å². The molecule has 0 radical (unpaired) electrons. The van der Waals surface area contributed by atoms with E-state index in [0.717, 1.165) is 53.4 Å². The van der Waals surface area contributed by atoms with Crippen LogP contribution in [0.15, 0.2) is 92.4 Å². The van der Waals surface area contributed by atoms with E-state index in [1.807, 2.05) is 0 Å². The maximum Gasteiger partial charge on any atom is 0.266 e. The van der Waals surface area contributed by atoms with Crippen LogP contribution in [0.5, 0.6) is 11.5 Å². The Kier molecular flexibility index (Phi) is 6.27. The van der Waals surface area contributed by atoms with E-state index < -0.39 is 54.7 Å². The number of phenolic OH excluding ortho intramolecular Hbond substituents is 2. The normalized spacial score (nSPS) is 14.8. The van der Waals surface area contributed by atoms with Crippen LogP contribution in [-0.4, -0.2) is 62.6 Å².